The van der Waals surface area contributed by atoms with Crippen LogP contribution in [-0.2, 0) is 11.2 Å². The Kier molecular flexibility index (Phi) is 2.77. The first kappa shape index (κ1) is 10.9. The second-order valence-corrected chi connectivity index (χ2v) is 4.28. The number of nitrogens with zero attached hydrogens (tertiary/aromatic N) is 2. The maximum absolute atomic E-state index is 10.7. The SMILES string of the molecule is CC(Cc1nc(C2CC2)ncc1O)C(=O)O. The van der Waals surface area contributed by atoms with Crippen LogP contribution in [0.1, 0.15) is 37.2 Å². The number of aliphatic carboxylic acids is 1. The van der Waals surface area contributed by atoms with Crippen molar-refractivity contribution >= 4 is 5.97 Å². The molecule has 1 unspecified atom stereocenters. The molecule has 1 saturated carbocycles. The van der Waals surface area contributed by atoms with Gasteiger partial charge in [0.1, 0.15) is 5.82 Å². The van der Waals surface area contributed by atoms with Gasteiger partial charge in [0, 0.05) is 12.3 Å². The van der Waals surface area contributed by atoms with Crippen LogP contribution >= 0.6 is 0 Å². The Balaban J connectivity index is 2.18. The maximum Gasteiger partial charge on any atom is 0.306 e. The minimum Gasteiger partial charge on any atom is -0.504 e. The Morgan fingerprint density at radius 1 is 1.62 bits per heavy atom. The van der Waals surface area contributed by atoms with E-state index < -0.39 is 11.9 Å². The van der Waals surface area contributed by atoms with Crippen molar-refractivity contribution < 1.29 is 15.0 Å². The van der Waals surface area contributed by atoms with Crippen molar-refractivity contribution in [2.45, 2.75) is 32.1 Å². The molecule has 0 saturated heterocycles. The largest absolute Gasteiger partial charge is 0.504 e. The average molecular weight is 222 g/mol. The Hall–Kier alpha value is -1.65. The van der Waals surface area contributed by atoms with Crippen LogP contribution in [0.4, 0.5) is 0 Å². The van der Waals surface area contributed by atoms with E-state index in [1.54, 1.807) is 6.92 Å². The van der Waals surface area contributed by atoms with E-state index >= 15 is 0 Å². The summed E-state index contributed by atoms with van der Waals surface area (Å²) in [6.45, 7) is 1.60. The number of rotatable bonds is 4. The van der Waals surface area contributed by atoms with Crippen molar-refractivity contribution in [3.05, 3.63) is 17.7 Å². The number of carbonyl (C=O) groups is 1. The summed E-state index contributed by atoms with van der Waals surface area (Å²) in [5.41, 5.74) is 0.437. The lowest BCUT2D eigenvalue weighted by atomic mass is 10.1. The molecule has 1 aliphatic rings. The van der Waals surface area contributed by atoms with Gasteiger partial charge >= 0.3 is 5.97 Å². The third kappa shape index (κ3) is 2.29. The molecule has 0 bridgehead atoms. The number of hydrogen-bond donors (Lipinski definition) is 2. The second kappa shape index (κ2) is 4.08. The predicted octanol–water partition coefficient (Wildman–Crippen LogP) is 1.32. The molecule has 0 aliphatic heterocycles. The summed E-state index contributed by atoms with van der Waals surface area (Å²) in [7, 11) is 0. The minimum atomic E-state index is -0.883. The first-order chi connectivity index (χ1) is 7.58. The van der Waals surface area contributed by atoms with Crippen LogP contribution in [0.15, 0.2) is 6.20 Å². The zero-order valence-electron chi connectivity index (χ0n) is 9.05. The predicted molar refractivity (Wildman–Crippen MR) is 56.2 cm³/mol. The van der Waals surface area contributed by atoms with Gasteiger partial charge < -0.3 is 10.2 Å². The molecule has 0 radical (unpaired) electrons. The summed E-state index contributed by atoms with van der Waals surface area (Å²) in [5.74, 6) is -0.318. The van der Waals surface area contributed by atoms with E-state index in [0.717, 1.165) is 18.7 Å². The van der Waals surface area contributed by atoms with Crippen LogP contribution in [0.2, 0.25) is 0 Å². The molecule has 1 heterocycles. The van der Waals surface area contributed by atoms with Gasteiger partial charge in [0.2, 0.25) is 0 Å². The highest BCUT2D eigenvalue weighted by atomic mass is 16.4. The summed E-state index contributed by atoms with van der Waals surface area (Å²) in [6.07, 6.45) is 3.77. The molecular weight excluding hydrogens is 208 g/mol. The lowest BCUT2D eigenvalue weighted by molar-refractivity contribution is -0.141. The van der Waals surface area contributed by atoms with Crippen molar-refractivity contribution in [3.8, 4) is 5.75 Å². The molecule has 0 amide bonds. The second-order valence-electron chi connectivity index (χ2n) is 4.28. The Morgan fingerprint density at radius 2 is 2.31 bits per heavy atom. The lowest BCUT2D eigenvalue weighted by Gasteiger charge is -2.08. The quantitative estimate of drug-likeness (QED) is 0.802. The minimum absolute atomic E-state index is 0.0162. The average Bonchev–Trinajstić information content (AvgIpc) is 3.04. The topological polar surface area (TPSA) is 83.3 Å². The fraction of sp³-hybridized carbons (Fsp3) is 0.545. The maximum atomic E-state index is 10.7. The molecule has 16 heavy (non-hydrogen) atoms. The number of carboxylic acids is 1. The molecule has 2 rings (SSSR count). The smallest absolute Gasteiger partial charge is 0.306 e. The molecule has 0 spiro atoms. The van der Waals surface area contributed by atoms with Gasteiger partial charge in [0.15, 0.2) is 5.75 Å². The van der Waals surface area contributed by atoms with Crippen LogP contribution in [-0.4, -0.2) is 26.2 Å². The molecule has 5 nitrogen and oxygen atoms in total. The normalized spacial score (nSPS) is 17.1. The summed E-state index contributed by atoms with van der Waals surface area (Å²) in [5, 5.41) is 18.3. The molecule has 0 aromatic carbocycles. The summed E-state index contributed by atoms with van der Waals surface area (Å²) in [6, 6.07) is 0. The molecule has 1 aromatic heterocycles. The van der Waals surface area contributed by atoms with Gasteiger partial charge in [-0.1, -0.05) is 6.92 Å². The highest BCUT2D eigenvalue weighted by molar-refractivity contribution is 5.69. The van der Waals surface area contributed by atoms with E-state index in [0.29, 0.717) is 11.6 Å². The first-order valence-corrected chi connectivity index (χ1v) is 5.35. The van der Waals surface area contributed by atoms with Crippen LogP contribution in [0, 0.1) is 5.92 Å². The highest BCUT2D eigenvalue weighted by Crippen LogP contribution is 2.38. The first-order valence-electron chi connectivity index (χ1n) is 5.35. The van der Waals surface area contributed by atoms with E-state index in [1.165, 1.54) is 6.20 Å². The van der Waals surface area contributed by atoms with Crippen LogP contribution in [0.5, 0.6) is 5.75 Å². The molecule has 86 valence electrons. The van der Waals surface area contributed by atoms with Gasteiger partial charge in [0.05, 0.1) is 17.8 Å². The molecule has 1 atom stereocenters. The van der Waals surface area contributed by atoms with Gasteiger partial charge in [-0.05, 0) is 12.8 Å². The Labute approximate surface area is 93.2 Å². The third-order valence-corrected chi connectivity index (χ3v) is 2.73. The van der Waals surface area contributed by atoms with Crippen molar-refractivity contribution in [1.82, 2.24) is 9.97 Å². The van der Waals surface area contributed by atoms with E-state index in [9.17, 15) is 9.90 Å². The van der Waals surface area contributed by atoms with Crippen molar-refractivity contribution in [3.63, 3.8) is 0 Å². The van der Waals surface area contributed by atoms with Gasteiger partial charge in [-0.3, -0.25) is 4.79 Å². The number of carboxylic acid groups (broad SMARTS) is 1. The fourth-order valence-electron chi connectivity index (χ4n) is 1.49. The zero-order valence-corrected chi connectivity index (χ0v) is 9.05. The van der Waals surface area contributed by atoms with Crippen molar-refractivity contribution in [1.29, 1.82) is 0 Å². The van der Waals surface area contributed by atoms with Gasteiger partial charge in [-0.15, -0.1) is 0 Å². The van der Waals surface area contributed by atoms with Crippen LogP contribution in [0.25, 0.3) is 0 Å². The summed E-state index contributed by atoms with van der Waals surface area (Å²) >= 11 is 0. The van der Waals surface area contributed by atoms with E-state index in [-0.39, 0.29) is 12.2 Å². The van der Waals surface area contributed by atoms with Gasteiger partial charge in [-0.25, -0.2) is 9.97 Å². The monoisotopic (exact) mass is 222 g/mol. The van der Waals surface area contributed by atoms with E-state index in [2.05, 4.69) is 9.97 Å². The molecular formula is C11H14N2O3. The van der Waals surface area contributed by atoms with Crippen molar-refractivity contribution in [2.75, 3.05) is 0 Å². The fourth-order valence-corrected chi connectivity index (χ4v) is 1.49. The third-order valence-electron chi connectivity index (χ3n) is 2.73. The Bertz CT molecular complexity index is 416. The standard InChI is InChI=1S/C11H14N2O3/c1-6(11(15)16)4-8-9(14)5-12-10(13-8)7-2-3-7/h5-7,14H,2-4H2,1H3,(H,15,16). The van der Waals surface area contributed by atoms with Gasteiger partial charge in [0.25, 0.3) is 0 Å². The van der Waals surface area contributed by atoms with Gasteiger partial charge in [-0.2, -0.15) is 0 Å². The number of aromatic hydroxyl groups is 1. The van der Waals surface area contributed by atoms with Crippen LogP contribution in [0.3, 0.4) is 0 Å². The summed E-state index contributed by atoms with van der Waals surface area (Å²) in [4.78, 5) is 19.0. The molecule has 1 aromatic rings. The summed E-state index contributed by atoms with van der Waals surface area (Å²) < 4.78 is 0. The molecule has 5 heteroatoms. The number of hydrogen-bond acceptors (Lipinski definition) is 4. The van der Waals surface area contributed by atoms with E-state index in [1.807, 2.05) is 0 Å². The van der Waals surface area contributed by atoms with E-state index in [4.69, 9.17) is 5.11 Å². The molecule has 1 fully saturated rings. The zero-order chi connectivity index (χ0) is 11.7. The Morgan fingerprint density at radius 3 is 2.88 bits per heavy atom. The number of aromatic nitrogens is 2. The molecule has 2 N–H and O–H groups in total. The lowest BCUT2D eigenvalue weighted by Crippen LogP contribution is -2.14. The molecule has 1 aliphatic carbocycles. The van der Waals surface area contributed by atoms with Crippen LogP contribution < -0.4 is 0 Å². The van der Waals surface area contributed by atoms with Crippen molar-refractivity contribution in [2.24, 2.45) is 5.92 Å². The highest BCUT2D eigenvalue weighted by Gasteiger charge is 2.27.